The van der Waals surface area contributed by atoms with Crippen LogP contribution in [0.1, 0.15) is 23.2 Å². The number of nitrogens with zero attached hydrogens (tertiary/aromatic N) is 3. The number of nitrogens with one attached hydrogen (secondary N) is 2. The minimum atomic E-state index is -0.105. The lowest BCUT2D eigenvalue weighted by Gasteiger charge is -2.07. The molecule has 0 radical (unpaired) electrons. The van der Waals surface area contributed by atoms with Gasteiger partial charge in [-0.1, -0.05) is 11.6 Å². The van der Waals surface area contributed by atoms with E-state index in [1.54, 1.807) is 22.9 Å². The predicted octanol–water partition coefficient (Wildman–Crippen LogP) is 2.41. The van der Waals surface area contributed by atoms with Crippen LogP contribution in [0.2, 0.25) is 5.02 Å². The van der Waals surface area contributed by atoms with Gasteiger partial charge in [0.1, 0.15) is 6.07 Å². The molecule has 1 heterocycles. The lowest BCUT2D eigenvalue weighted by molar-refractivity contribution is -0.116. The van der Waals surface area contributed by atoms with Gasteiger partial charge in [0.2, 0.25) is 5.91 Å². The molecule has 0 bridgehead atoms. The fourth-order valence-electron chi connectivity index (χ4n) is 2.36. The fraction of sp³-hybridized carbons (Fsp3) is 0.353. The minimum Gasteiger partial charge on any atom is -0.326 e. The van der Waals surface area contributed by atoms with Crippen molar-refractivity contribution in [1.82, 2.24) is 15.1 Å². The molecule has 1 aromatic carbocycles. The summed E-state index contributed by atoms with van der Waals surface area (Å²) in [7, 11) is 1.91. The standard InChI is InChI=1S/C17H20ClN5O/c1-12-13(11-23(2)22-12)5-7-20-8-6-17(24)21-15-3-4-16(18)14(9-15)10-19/h3-4,9,11,20H,5-8H2,1-2H3,(H,21,24). The van der Waals surface area contributed by atoms with Crippen molar-refractivity contribution in [1.29, 1.82) is 5.26 Å². The molecule has 7 heteroatoms. The van der Waals surface area contributed by atoms with E-state index in [9.17, 15) is 4.79 Å². The molecule has 0 unspecified atom stereocenters. The quantitative estimate of drug-likeness (QED) is 0.755. The van der Waals surface area contributed by atoms with E-state index in [2.05, 4.69) is 15.7 Å². The van der Waals surface area contributed by atoms with E-state index in [0.717, 1.165) is 18.7 Å². The summed E-state index contributed by atoms with van der Waals surface area (Å²) >= 11 is 5.86. The molecule has 6 nitrogen and oxygen atoms in total. The summed E-state index contributed by atoms with van der Waals surface area (Å²) in [4.78, 5) is 11.9. The van der Waals surface area contributed by atoms with Crippen LogP contribution in [0.5, 0.6) is 0 Å². The lowest BCUT2D eigenvalue weighted by atomic mass is 10.2. The summed E-state index contributed by atoms with van der Waals surface area (Å²) in [5.41, 5.74) is 3.17. The van der Waals surface area contributed by atoms with Gasteiger partial charge in [-0.15, -0.1) is 0 Å². The SMILES string of the molecule is Cc1nn(C)cc1CCNCCC(=O)Nc1ccc(Cl)c(C#N)c1. The fourth-order valence-corrected chi connectivity index (χ4v) is 2.52. The van der Waals surface area contributed by atoms with Gasteiger partial charge >= 0.3 is 0 Å². The first kappa shape index (κ1) is 18.0. The van der Waals surface area contributed by atoms with Crippen LogP contribution in [0.3, 0.4) is 0 Å². The molecule has 0 aliphatic rings. The van der Waals surface area contributed by atoms with Crippen molar-refractivity contribution in [2.45, 2.75) is 19.8 Å². The van der Waals surface area contributed by atoms with E-state index >= 15 is 0 Å². The van der Waals surface area contributed by atoms with E-state index in [1.807, 2.05) is 26.2 Å². The summed E-state index contributed by atoms with van der Waals surface area (Å²) in [6, 6.07) is 6.84. The van der Waals surface area contributed by atoms with Crippen LogP contribution in [0, 0.1) is 18.3 Å². The van der Waals surface area contributed by atoms with Crippen molar-refractivity contribution in [3.05, 3.63) is 46.2 Å². The molecule has 0 fully saturated rings. The van der Waals surface area contributed by atoms with Crippen LogP contribution in [0.15, 0.2) is 24.4 Å². The summed E-state index contributed by atoms with van der Waals surface area (Å²) in [6.45, 7) is 3.37. The van der Waals surface area contributed by atoms with Gasteiger partial charge in [0.15, 0.2) is 0 Å². The van der Waals surface area contributed by atoms with Gasteiger partial charge < -0.3 is 10.6 Å². The Balaban J connectivity index is 1.70. The second kappa shape index (κ2) is 8.48. The van der Waals surface area contributed by atoms with Crippen LogP contribution >= 0.6 is 11.6 Å². The second-order valence-corrected chi connectivity index (χ2v) is 5.93. The largest absolute Gasteiger partial charge is 0.326 e. The zero-order chi connectivity index (χ0) is 17.5. The molecular weight excluding hydrogens is 326 g/mol. The Bertz CT molecular complexity index is 763. The third-order valence-corrected chi connectivity index (χ3v) is 3.92. The van der Waals surface area contributed by atoms with Crippen LogP contribution < -0.4 is 10.6 Å². The molecule has 0 saturated carbocycles. The molecule has 2 rings (SSSR count). The Morgan fingerprint density at radius 3 is 2.88 bits per heavy atom. The molecule has 2 aromatic rings. The molecule has 0 aliphatic heterocycles. The Morgan fingerprint density at radius 1 is 1.42 bits per heavy atom. The van der Waals surface area contributed by atoms with Gasteiger partial charge in [0.25, 0.3) is 0 Å². The highest BCUT2D eigenvalue weighted by atomic mass is 35.5. The minimum absolute atomic E-state index is 0.105. The first-order valence-electron chi connectivity index (χ1n) is 7.69. The van der Waals surface area contributed by atoms with Gasteiger partial charge in [-0.05, 0) is 43.7 Å². The number of carbonyl (C=O) groups excluding carboxylic acids is 1. The van der Waals surface area contributed by atoms with Gasteiger partial charge in [-0.25, -0.2) is 0 Å². The molecule has 0 aliphatic carbocycles. The molecule has 0 atom stereocenters. The van der Waals surface area contributed by atoms with Gasteiger partial charge in [0.05, 0.1) is 16.3 Å². The van der Waals surface area contributed by atoms with Crippen molar-refractivity contribution in [2.24, 2.45) is 7.05 Å². The topological polar surface area (TPSA) is 82.7 Å². The average molecular weight is 346 g/mol. The second-order valence-electron chi connectivity index (χ2n) is 5.52. The Kier molecular flexibility index (Phi) is 6.36. The van der Waals surface area contributed by atoms with E-state index < -0.39 is 0 Å². The van der Waals surface area contributed by atoms with E-state index in [4.69, 9.17) is 16.9 Å². The maximum absolute atomic E-state index is 11.9. The van der Waals surface area contributed by atoms with Crippen molar-refractivity contribution in [3.63, 3.8) is 0 Å². The maximum Gasteiger partial charge on any atom is 0.225 e. The van der Waals surface area contributed by atoms with Crippen molar-refractivity contribution in [2.75, 3.05) is 18.4 Å². The number of carbonyl (C=O) groups is 1. The predicted molar refractivity (Wildman–Crippen MR) is 93.9 cm³/mol. The zero-order valence-corrected chi connectivity index (χ0v) is 14.5. The number of rotatable bonds is 7. The summed E-state index contributed by atoms with van der Waals surface area (Å²) in [5.74, 6) is -0.105. The van der Waals surface area contributed by atoms with Gasteiger partial charge in [-0.2, -0.15) is 10.4 Å². The summed E-state index contributed by atoms with van der Waals surface area (Å²) < 4.78 is 1.81. The van der Waals surface area contributed by atoms with Crippen LogP contribution in [-0.4, -0.2) is 28.8 Å². The van der Waals surface area contributed by atoms with Gasteiger partial charge in [-0.3, -0.25) is 9.48 Å². The molecule has 126 valence electrons. The number of aryl methyl sites for hydroxylation is 2. The zero-order valence-electron chi connectivity index (χ0n) is 13.8. The molecule has 1 aromatic heterocycles. The number of aromatic nitrogens is 2. The first-order chi connectivity index (χ1) is 11.5. The average Bonchev–Trinajstić information content (AvgIpc) is 2.86. The highest BCUT2D eigenvalue weighted by Crippen LogP contribution is 2.19. The molecule has 1 amide bonds. The number of anilines is 1. The lowest BCUT2D eigenvalue weighted by Crippen LogP contribution is -2.23. The number of halogens is 1. The Morgan fingerprint density at radius 2 is 2.21 bits per heavy atom. The van der Waals surface area contributed by atoms with E-state index in [0.29, 0.717) is 29.2 Å². The summed E-state index contributed by atoms with van der Waals surface area (Å²) in [6.07, 6.45) is 3.25. The summed E-state index contributed by atoms with van der Waals surface area (Å²) in [5, 5.41) is 19.6. The molecule has 0 saturated heterocycles. The highest BCUT2D eigenvalue weighted by Gasteiger charge is 2.06. The highest BCUT2D eigenvalue weighted by molar-refractivity contribution is 6.31. The molecule has 24 heavy (non-hydrogen) atoms. The van der Waals surface area contributed by atoms with Crippen LogP contribution in [-0.2, 0) is 18.3 Å². The molecule has 2 N–H and O–H groups in total. The van der Waals surface area contributed by atoms with E-state index in [1.165, 1.54) is 5.56 Å². The Hall–Kier alpha value is -2.36. The third-order valence-electron chi connectivity index (χ3n) is 3.59. The number of nitriles is 1. The normalized spacial score (nSPS) is 10.4. The molecule has 0 spiro atoms. The maximum atomic E-state index is 11.9. The number of benzene rings is 1. The van der Waals surface area contributed by atoms with E-state index in [-0.39, 0.29) is 5.91 Å². The van der Waals surface area contributed by atoms with Crippen molar-refractivity contribution >= 4 is 23.2 Å². The number of hydrogen-bond donors (Lipinski definition) is 2. The number of hydrogen-bond acceptors (Lipinski definition) is 4. The number of amides is 1. The Labute approximate surface area is 146 Å². The van der Waals surface area contributed by atoms with Crippen LogP contribution in [0.4, 0.5) is 5.69 Å². The van der Waals surface area contributed by atoms with Crippen molar-refractivity contribution < 1.29 is 4.79 Å². The third kappa shape index (κ3) is 5.08. The van der Waals surface area contributed by atoms with Crippen molar-refractivity contribution in [3.8, 4) is 6.07 Å². The first-order valence-corrected chi connectivity index (χ1v) is 8.06. The monoisotopic (exact) mass is 345 g/mol. The van der Waals surface area contributed by atoms with Gasteiger partial charge in [0, 0.05) is 31.9 Å². The van der Waals surface area contributed by atoms with Crippen LogP contribution in [0.25, 0.3) is 0 Å². The smallest absolute Gasteiger partial charge is 0.225 e. The molecular formula is C17H20ClN5O.